The van der Waals surface area contributed by atoms with E-state index in [1.807, 2.05) is 24.3 Å². The van der Waals surface area contributed by atoms with Crippen LogP contribution >= 0.6 is 0 Å². The largest absolute Gasteiger partial charge is 0.495 e. The highest BCUT2D eigenvalue weighted by Crippen LogP contribution is 2.27. The average molecular weight is 323 g/mol. The Labute approximate surface area is 139 Å². The maximum atomic E-state index is 12.5. The van der Waals surface area contributed by atoms with Crippen LogP contribution in [0.2, 0.25) is 0 Å². The Balaban J connectivity index is 1.86. The summed E-state index contributed by atoms with van der Waals surface area (Å²) in [6.45, 7) is 0. The zero-order chi connectivity index (χ0) is 16.9. The Bertz CT molecular complexity index is 859. The monoisotopic (exact) mass is 323 g/mol. The van der Waals surface area contributed by atoms with E-state index in [9.17, 15) is 4.79 Å². The van der Waals surface area contributed by atoms with E-state index in [4.69, 9.17) is 4.74 Å². The van der Waals surface area contributed by atoms with Crippen LogP contribution in [-0.2, 0) is 7.05 Å². The van der Waals surface area contributed by atoms with E-state index in [0.717, 1.165) is 5.69 Å². The first kappa shape index (κ1) is 15.5. The normalized spacial score (nSPS) is 10.2. The van der Waals surface area contributed by atoms with Gasteiger partial charge in [-0.2, -0.15) is 5.10 Å². The number of hydrogen-bond donors (Lipinski definition) is 2. The molecule has 2 N–H and O–H groups in total. The molecule has 3 rings (SSSR count). The molecule has 0 radical (unpaired) electrons. The van der Waals surface area contributed by atoms with Crippen molar-refractivity contribution in [3.63, 3.8) is 0 Å². The summed E-state index contributed by atoms with van der Waals surface area (Å²) in [4.78, 5) is 16.8. The average Bonchev–Trinajstić information content (AvgIpc) is 3.00. The van der Waals surface area contributed by atoms with E-state index in [1.165, 1.54) is 0 Å². The third kappa shape index (κ3) is 3.35. The molecule has 0 saturated heterocycles. The molecule has 0 atom stereocenters. The van der Waals surface area contributed by atoms with Crippen LogP contribution in [0.4, 0.5) is 17.3 Å². The molecule has 122 valence electrons. The molecule has 0 spiro atoms. The van der Waals surface area contributed by atoms with Gasteiger partial charge in [-0.05, 0) is 24.3 Å². The van der Waals surface area contributed by atoms with Crippen LogP contribution in [-0.4, -0.2) is 27.8 Å². The van der Waals surface area contributed by atoms with Crippen molar-refractivity contribution < 1.29 is 9.53 Å². The summed E-state index contributed by atoms with van der Waals surface area (Å²) in [5.41, 5.74) is 1.14. The second-order valence-electron chi connectivity index (χ2n) is 5.05. The lowest BCUT2D eigenvalue weighted by Crippen LogP contribution is -2.15. The molecule has 1 aromatic carbocycles. The summed E-state index contributed by atoms with van der Waals surface area (Å²) in [5.74, 6) is 1.29. The molecule has 3 aromatic rings. The Morgan fingerprint density at radius 2 is 2.00 bits per heavy atom. The van der Waals surface area contributed by atoms with Crippen molar-refractivity contribution in [2.75, 3.05) is 17.7 Å². The number of aryl methyl sites for hydroxylation is 1. The second kappa shape index (κ2) is 6.82. The highest BCUT2D eigenvalue weighted by Gasteiger charge is 2.14. The number of methoxy groups -OCH3 is 1. The lowest BCUT2D eigenvalue weighted by Gasteiger charge is -2.13. The van der Waals surface area contributed by atoms with Gasteiger partial charge in [0.2, 0.25) is 0 Å². The van der Waals surface area contributed by atoms with Crippen molar-refractivity contribution in [3.05, 3.63) is 60.4 Å². The van der Waals surface area contributed by atoms with Crippen molar-refractivity contribution in [1.82, 2.24) is 14.8 Å². The van der Waals surface area contributed by atoms with Gasteiger partial charge >= 0.3 is 0 Å². The molecule has 0 bridgehead atoms. The minimum Gasteiger partial charge on any atom is -0.495 e. The SMILES string of the molecule is COc1ccccc1Nc1ncccc1C(=O)Nc1ccn(C)n1. The quantitative estimate of drug-likeness (QED) is 0.754. The van der Waals surface area contributed by atoms with Gasteiger partial charge in [-0.3, -0.25) is 9.48 Å². The number of amides is 1. The van der Waals surface area contributed by atoms with E-state index >= 15 is 0 Å². The van der Waals surface area contributed by atoms with E-state index in [0.29, 0.717) is 22.9 Å². The molecule has 7 nitrogen and oxygen atoms in total. The zero-order valence-electron chi connectivity index (χ0n) is 13.4. The number of nitrogens with zero attached hydrogens (tertiary/aromatic N) is 3. The van der Waals surface area contributed by atoms with Gasteiger partial charge in [0.25, 0.3) is 5.91 Å². The number of carbonyl (C=O) groups is 1. The Kier molecular flexibility index (Phi) is 4.42. The van der Waals surface area contributed by atoms with Gasteiger partial charge in [-0.15, -0.1) is 0 Å². The van der Waals surface area contributed by atoms with Crippen LogP contribution in [0.1, 0.15) is 10.4 Å². The molecule has 0 aliphatic carbocycles. The molecular formula is C17H17N5O2. The fourth-order valence-corrected chi connectivity index (χ4v) is 2.23. The predicted molar refractivity (Wildman–Crippen MR) is 91.7 cm³/mol. The highest BCUT2D eigenvalue weighted by atomic mass is 16.5. The van der Waals surface area contributed by atoms with Gasteiger partial charge in [0, 0.05) is 25.5 Å². The lowest BCUT2D eigenvalue weighted by molar-refractivity contribution is 0.102. The van der Waals surface area contributed by atoms with Crippen LogP contribution in [0.3, 0.4) is 0 Å². The van der Waals surface area contributed by atoms with E-state index in [1.54, 1.807) is 49.4 Å². The zero-order valence-corrected chi connectivity index (χ0v) is 13.4. The van der Waals surface area contributed by atoms with Crippen LogP contribution < -0.4 is 15.4 Å². The van der Waals surface area contributed by atoms with Crippen LogP contribution in [0.25, 0.3) is 0 Å². The van der Waals surface area contributed by atoms with Crippen molar-refractivity contribution in [1.29, 1.82) is 0 Å². The summed E-state index contributed by atoms with van der Waals surface area (Å²) < 4.78 is 6.93. The smallest absolute Gasteiger partial charge is 0.260 e. The Morgan fingerprint density at radius 3 is 2.75 bits per heavy atom. The number of carbonyl (C=O) groups excluding carboxylic acids is 1. The number of ether oxygens (including phenoxy) is 1. The number of hydrogen-bond acceptors (Lipinski definition) is 5. The Morgan fingerprint density at radius 1 is 1.17 bits per heavy atom. The summed E-state index contributed by atoms with van der Waals surface area (Å²) in [6, 6.07) is 12.6. The molecular weight excluding hydrogens is 306 g/mol. The van der Waals surface area contributed by atoms with Gasteiger partial charge in [0.1, 0.15) is 11.6 Å². The first-order valence-corrected chi connectivity index (χ1v) is 7.33. The minimum absolute atomic E-state index is 0.292. The van der Waals surface area contributed by atoms with Crippen molar-refractivity contribution in [2.24, 2.45) is 7.05 Å². The van der Waals surface area contributed by atoms with Crippen LogP contribution in [0.5, 0.6) is 5.75 Å². The standard InChI is InChI=1S/C17H17N5O2/c1-22-11-9-15(21-22)20-17(23)12-6-5-10-18-16(12)19-13-7-3-4-8-14(13)24-2/h3-11H,1-2H3,(H,18,19)(H,20,21,23). The fraction of sp³-hybridized carbons (Fsp3) is 0.118. The summed E-state index contributed by atoms with van der Waals surface area (Å²) >= 11 is 0. The molecule has 0 aliphatic rings. The number of anilines is 3. The molecule has 0 saturated carbocycles. The molecule has 2 heterocycles. The van der Waals surface area contributed by atoms with Crippen molar-refractivity contribution in [2.45, 2.75) is 0 Å². The van der Waals surface area contributed by atoms with Crippen LogP contribution in [0, 0.1) is 0 Å². The number of benzene rings is 1. The van der Waals surface area contributed by atoms with Crippen LogP contribution in [0.15, 0.2) is 54.9 Å². The number of aromatic nitrogens is 3. The third-order valence-electron chi connectivity index (χ3n) is 3.37. The first-order valence-electron chi connectivity index (χ1n) is 7.33. The number of pyridine rings is 1. The van der Waals surface area contributed by atoms with Crippen molar-refractivity contribution >= 4 is 23.2 Å². The maximum absolute atomic E-state index is 12.5. The summed E-state index contributed by atoms with van der Waals surface area (Å²) in [7, 11) is 3.38. The number of para-hydroxylation sites is 2. The van der Waals surface area contributed by atoms with Gasteiger partial charge in [0.15, 0.2) is 5.82 Å². The van der Waals surface area contributed by atoms with Gasteiger partial charge in [-0.25, -0.2) is 4.98 Å². The maximum Gasteiger partial charge on any atom is 0.260 e. The molecule has 0 unspecified atom stereocenters. The van der Waals surface area contributed by atoms with E-state index < -0.39 is 0 Å². The molecule has 0 aliphatic heterocycles. The van der Waals surface area contributed by atoms with E-state index in [-0.39, 0.29) is 5.91 Å². The molecule has 7 heteroatoms. The molecule has 0 fully saturated rings. The Hall–Kier alpha value is -3.35. The first-order chi connectivity index (χ1) is 11.7. The second-order valence-corrected chi connectivity index (χ2v) is 5.05. The number of rotatable bonds is 5. The lowest BCUT2D eigenvalue weighted by atomic mass is 10.2. The highest BCUT2D eigenvalue weighted by molar-refractivity contribution is 6.07. The predicted octanol–water partition coefficient (Wildman–Crippen LogP) is 2.82. The third-order valence-corrected chi connectivity index (χ3v) is 3.37. The summed E-state index contributed by atoms with van der Waals surface area (Å²) in [6.07, 6.45) is 3.38. The van der Waals surface area contributed by atoms with Gasteiger partial charge in [-0.1, -0.05) is 12.1 Å². The molecule has 24 heavy (non-hydrogen) atoms. The van der Waals surface area contributed by atoms with E-state index in [2.05, 4.69) is 20.7 Å². The number of nitrogens with one attached hydrogen (secondary N) is 2. The van der Waals surface area contributed by atoms with Gasteiger partial charge < -0.3 is 15.4 Å². The topological polar surface area (TPSA) is 81.1 Å². The summed E-state index contributed by atoms with van der Waals surface area (Å²) in [5, 5.41) is 10.0. The molecule has 2 aromatic heterocycles. The molecule has 1 amide bonds. The fourth-order valence-electron chi connectivity index (χ4n) is 2.23. The van der Waals surface area contributed by atoms with Gasteiger partial charge in [0.05, 0.1) is 18.4 Å². The van der Waals surface area contributed by atoms with Crippen molar-refractivity contribution in [3.8, 4) is 5.75 Å². The minimum atomic E-state index is -0.292.